The average Bonchev–Trinajstić information content (AvgIpc) is 2.70. The predicted molar refractivity (Wildman–Crippen MR) is 118 cm³/mol. The number of aryl methyl sites for hydroxylation is 1. The summed E-state index contributed by atoms with van der Waals surface area (Å²) in [4.78, 5) is 0.229. The third-order valence-corrected chi connectivity index (χ3v) is 6.35. The molecule has 2 rings (SSSR count). The molecule has 0 spiro atoms. The molecule has 154 valence electrons. The van der Waals surface area contributed by atoms with Crippen molar-refractivity contribution >= 4 is 21.6 Å². The Kier molecular flexibility index (Phi) is 8.94. The zero-order chi connectivity index (χ0) is 21.3. The van der Waals surface area contributed by atoms with Crippen molar-refractivity contribution in [3.8, 4) is 11.8 Å². The van der Waals surface area contributed by atoms with Crippen LogP contribution in [0.1, 0.15) is 37.0 Å². The number of halogens is 1. The molecule has 1 atom stereocenters. The number of sulfonamides is 1. The third kappa shape index (κ3) is 7.02. The van der Waals surface area contributed by atoms with Crippen molar-refractivity contribution in [1.29, 1.82) is 0 Å². The second-order valence-corrected chi connectivity index (χ2v) is 9.02. The quantitative estimate of drug-likeness (QED) is 0.485. The van der Waals surface area contributed by atoms with E-state index in [0.717, 1.165) is 18.4 Å². The predicted octanol–water partition coefficient (Wildman–Crippen LogP) is 4.73. The first-order valence-corrected chi connectivity index (χ1v) is 11.3. The summed E-state index contributed by atoms with van der Waals surface area (Å²) < 4.78 is 27.4. The summed E-state index contributed by atoms with van der Waals surface area (Å²) in [5, 5.41) is 10.8. The Balaban J connectivity index is 2.20. The van der Waals surface area contributed by atoms with Gasteiger partial charge in [-0.05, 0) is 43.2 Å². The van der Waals surface area contributed by atoms with E-state index in [-0.39, 0.29) is 18.0 Å². The molecule has 2 aromatic carbocycles. The number of aliphatic hydroxyl groups is 1. The van der Waals surface area contributed by atoms with Crippen molar-refractivity contribution in [2.75, 3.05) is 13.1 Å². The lowest BCUT2D eigenvalue weighted by atomic mass is 10.1. The molecule has 0 saturated heterocycles. The van der Waals surface area contributed by atoms with Crippen molar-refractivity contribution in [2.45, 2.75) is 37.7 Å². The largest absolute Gasteiger partial charge is 0.376 e. The average molecular weight is 432 g/mol. The topological polar surface area (TPSA) is 57.6 Å². The maximum Gasteiger partial charge on any atom is 0.244 e. The van der Waals surface area contributed by atoms with E-state index >= 15 is 0 Å². The smallest absolute Gasteiger partial charge is 0.244 e. The van der Waals surface area contributed by atoms with Gasteiger partial charge in [-0.2, -0.15) is 4.31 Å². The van der Waals surface area contributed by atoms with Crippen molar-refractivity contribution in [3.63, 3.8) is 0 Å². The minimum absolute atomic E-state index is 0.0165. The summed E-state index contributed by atoms with van der Waals surface area (Å²) in [5.41, 5.74) is 1.60. The fourth-order valence-electron chi connectivity index (χ4n) is 2.54. The number of hydrogen-bond acceptors (Lipinski definition) is 3. The normalized spacial score (nSPS) is 12.7. The highest BCUT2D eigenvalue weighted by molar-refractivity contribution is 7.89. The molecule has 29 heavy (non-hydrogen) atoms. The Morgan fingerprint density at radius 3 is 2.38 bits per heavy atom. The molecule has 0 bridgehead atoms. The number of rotatable bonds is 8. The van der Waals surface area contributed by atoms with E-state index in [2.05, 4.69) is 18.8 Å². The molecule has 1 unspecified atom stereocenters. The van der Waals surface area contributed by atoms with Gasteiger partial charge in [-0.1, -0.05) is 78.8 Å². The minimum atomic E-state index is -3.69. The highest BCUT2D eigenvalue weighted by atomic mass is 35.5. The van der Waals surface area contributed by atoms with Gasteiger partial charge < -0.3 is 5.11 Å². The van der Waals surface area contributed by atoms with E-state index in [1.807, 2.05) is 19.1 Å². The fourth-order valence-corrected chi connectivity index (χ4v) is 3.96. The van der Waals surface area contributed by atoms with E-state index in [0.29, 0.717) is 10.6 Å². The van der Waals surface area contributed by atoms with Crippen LogP contribution in [0.3, 0.4) is 0 Å². The lowest BCUT2D eigenvalue weighted by Crippen LogP contribution is -2.31. The van der Waals surface area contributed by atoms with Crippen molar-refractivity contribution in [3.05, 3.63) is 76.8 Å². The minimum Gasteiger partial charge on any atom is -0.376 e. The summed E-state index contributed by atoms with van der Waals surface area (Å²) in [5.74, 6) is 5.52. The van der Waals surface area contributed by atoms with Crippen LogP contribution in [-0.4, -0.2) is 30.9 Å². The van der Waals surface area contributed by atoms with Crippen LogP contribution < -0.4 is 0 Å². The molecule has 4 nitrogen and oxygen atoms in total. The molecule has 0 radical (unpaired) electrons. The standard InChI is InChI=1S/C23H26ClNO3S/c1-3-4-5-6-17-25(29(27,28)22-15-9-19(2)10-16-22)18-7-8-23(26)20-11-13-21(24)14-12-20/h5-6,9-16,23,26H,3-4,17-18H2,1-2H3/b6-5+. The van der Waals surface area contributed by atoms with Gasteiger partial charge in [0, 0.05) is 11.6 Å². The first kappa shape index (κ1) is 23.2. The Hall–Kier alpha value is -2.10. The Morgan fingerprint density at radius 2 is 1.76 bits per heavy atom. The zero-order valence-electron chi connectivity index (χ0n) is 16.7. The van der Waals surface area contributed by atoms with Gasteiger partial charge in [0.1, 0.15) is 6.10 Å². The summed E-state index contributed by atoms with van der Waals surface area (Å²) >= 11 is 5.85. The second-order valence-electron chi connectivity index (χ2n) is 6.65. The Morgan fingerprint density at radius 1 is 1.10 bits per heavy atom. The van der Waals surface area contributed by atoms with Crippen LogP contribution >= 0.6 is 11.6 Å². The van der Waals surface area contributed by atoms with Gasteiger partial charge in [0.2, 0.25) is 10.0 Å². The van der Waals surface area contributed by atoms with Gasteiger partial charge in [-0.3, -0.25) is 0 Å². The van der Waals surface area contributed by atoms with E-state index in [4.69, 9.17) is 11.6 Å². The number of benzene rings is 2. The van der Waals surface area contributed by atoms with Gasteiger partial charge in [0.15, 0.2) is 0 Å². The van der Waals surface area contributed by atoms with Crippen LogP contribution in [0.4, 0.5) is 0 Å². The molecule has 0 aliphatic rings. The molecule has 0 heterocycles. The molecule has 1 N–H and O–H groups in total. The number of allylic oxidation sites excluding steroid dienone is 1. The fraction of sp³-hybridized carbons (Fsp3) is 0.304. The van der Waals surface area contributed by atoms with Crippen molar-refractivity contribution in [1.82, 2.24) is 4.31 Å². The van der Waals surface area contributed by atoms with Crippen LogP contribution in [0, 0.1) is 18.8 Å². The maximum atomic E-state index is 13.0. The molecular weight excluding hydrogens is 406 g/mol. The van der Waals surface area contributed by atoms with Crippen molar-refractivity contribution < 1.29 is 13.5 Å². The molecule has 0 saturated carbocycles. The molecule has 2 aromatic rings. The molecule has 0 aliphatic carbocycles. The van der Waals surface area contributed by atoms with Crippen LogP contribution in [0.5, 0.6) is 0 Å². The zero-order valence-corrected chi connectivity index (χ0v) is 18.2. The van der Waals surface area contributed by atoms with E-state index in [1.165, 1.54) is 4.31 Å². The van der Waals surface area contributed by atoms with Crippen LogP contribution in [0.25, 0.3) is 0 Å². The summed E-state index contributed by atoms with van der Waals surface area (Å²) in [6.07, 6.45) is 4.68. The monoisotopic (exact) mass is 431 g/mol. The number of aliphatic hydroxyl groups excluding tert-OH is 1. The van der Waals surface area contributed by atoms with E-state index < -0.39 is 16.1 Å². The first-order chi connectivity index (χ1) is 13.8. The molecular formula is C23H26ClNO3S. The third-order valence-electron chi connectivity index (χ3n) is 4.27. The molecule has 0 fully saturated rings. The van der Waals surface area contributed by atoms with Gasteiger partial charge in [-0.15, -0.1) is 0 Å². The molecule has 6 heteroatoms. The summed E-state index contributed by atoms with van der Waals surface area (Å²) in [7, 11) is -3.69. The maximum absolute atomic E-state index is 13.0. The SMILES string of the molecule is CCC/C=C/CN(CC#CC(O)c1ccc(Cl)cc1)S(=O)(=O)c1ccc(C)cc1. The number of hydrogen-bond donors (Lipinski definition) is 1. The molecule has 0 amide bonds. The lowest BCUT2D eigenvalue weighted by molar-refractivity contribution is 0.238. The van der Waals surface area contributed by atoms with E-state index in [9.17, 15) is 13.5 Å². The summed E-state index contributed by atoms with van der Waals surface area (Å²) in [6, 6.07) is 13.5. The summed E-state index contributed by atoms with van der Waals surface area (Å²) in [6.45, 7) is 4.18. The second kappa shape index (κ2) is 11.2. The van der Waals surface area contributed by atoms with Crippen molar-refractivity contribution in [2.24, 2.45) is 0 Å². The molecule has 0 aliphatic heterocycles. The van der Waals surface area contributed by atoms with E-state index in [1.54, 1.807) is 48.5 Å². The number of unbranched alkanes of at least 4 members (excludes halogenated alkanes) is 1. The van der Waals surface area contributed by atoms with Gasteiger partial charge in [0.25, 0.3) is 0 Å². The highest BCUT2D eigenvalue weighted by Gasteiger charge is 2.22. The lowest BCUT2D eigenvalue weighted by Gasteiger charge is -2.18. The molecule has 0 aromatic heterocycles. The van der Waals surface area contributed by atoms with Crippen LogP contribution in [0.15, 0.2) is 65.6 Å². The van der Waals surface area contributed by atoms with Gasteiger partial charge in [-0.25, -0.2) is 8.42 Å². The Labute approximate surface area is 178 Å². The number of nitrogens with zero attached hydrogens (tertiary/aromatic N) is 1. The highest BCUT2D eigenvalue weighted by Crippen LogP contribution is 2.17. The van der Waals surface area contributed by atoms with Gasteiger partial charge in [0.05, 0.1) is 11.4 Å². The van der Waals surface area contributed by atoms with Gasteiger partial charge >= 0.3 is 0 Å². The van der Waals surface area contributed by atoms with Crippen LogP contribution in [-0.2, 0) is 10.0 Å². The van der Waals surface area contributed by atoms with Crippen LogP contribution in [0.2, 0.25) is 5.02 Å². The Bertz CT molecular complexity index is 972. The first-order valence-electron chi connectivity index (χ1n) is 9.48.